The lowest BCUT2D eigenvalue weighted by Crippen LogP contribution is -2.37. The van der Waals surface area contributed by atoms with Crippen LogP contribution in [0.1, 0.15) is 15.6 Å². The minimum absolute atomic E-state index is 0.560. The molecule has 2 N–H and O–H groups in total. The fourth-order valence-corrected chi connectivity index (χ4v) is 3.54. The van der Waals surface area contributed by atoms with Gasteiger partial charge in [-0.15, -0.1) is 22.7 Å². The normalized spacial score (nSPS) is 11.7. The maximum atomic E-state index is 5.51. The van der Waals surface area contributed by atoms with Gasteiger partial charge in [0.25, 0.3) is 0 Å². The van der Waals surface area contributed by atoms with Gasteiger partial charge in [-0.05, 0) is 18.4 Å². The van der Waals surface area contributed by atoms with E-state index in [0.717, 1.165) is 34.5 Å². The summed E-state index contributed by atoms with van der Waals surface area (Å²) in [5.41, 5.74) is 0.844. The molecule has 0 bridgehead atoms. The van der Waals surface area contributed by atoms with Crippen LogP contribution in [0.25, 0.3) is 10.8 Å². The lowest BCUT2D eigenvalue weighted by Gasteiger charge is -2.09. The molecule has 0 saturated heterocycles. The molecular formula is C16H19N5OS2. The summed E-state index contributed by atoms with van der Waals surface area (Å²) in [5.74, 6) is 1.40. The molecular weight excluding hydrogens is 342 g/mol. The van der Waals surface area contributed by atoms with Crippen molar-refractivity contribution < 1.29 is 4.42 Å². The van der Waals surface area contributed by atoms with E-state index in [-0.39, 0.29) is 0 Å². The maximum Gasteiger partial charge on any atom is 0.236 e. The number of aliphatic imine (C=N–C) groups is 1. The summed E-state index contributed by atoms with van der Waals surface area (Å²) in [4.78, 5) is 15.3. The SMILES string of the molecule is CN=C(NCCc1ncc(C)s1)NCc1coc(-c2cccs2)n1. The number of rotatable bonds is 6. The van der Waals surface area contributed by atoms with Crippen LogP contribution in [-0.2, 0) is 13.0 Å². The number of thiophene rings is 1. The third-order valence-electron chi connectivity index (χ3n) is 3.24. The predicted octanol–water partition coefficient (Wildman–Crippen LogP) is 3.08. The molecule has 0 fully saturated rings. The van der Waals surface area contributed by atoms with Gasteiger partial charge in [-0.3, -0.25) is 4.99 Å². The first kappa shape index (κ1) is 16.7. The average Bonchev–Trinajstić information content (AvgIpc) is 3.32. The highest BCUT2D eigenvalue weighted by Gasteiger charge is 2.08. The molecule has 0 radical (unpaired) electrons. The van der Waals surface area contributed by atoms with E-state index in [1.807, 2.05) is 23.7 Å². The van der Waals surface area contributed by atoms with Gasteiger partial charge < -0.3 is 15.1 Å². The van der Waals surface area contributed by atoms with Gasteiger partial charge >= 0.3 is 0 Å². The van der Waals surface area contributed by atoms with E-state index in [4.69, 9.17) is 4.42 Å². The average molecular weight is 361 g/mol. The standard InChI is InChI=1S/C16H19N5OS2/c1-11-8-19-14(24-11)5-6-18-16(17-2)20-9-12-10-22-15(21-12)13-4-3-7-23-13/h3-4,7-8,10H,5-6,9H2,1-2H3,(H2,17,18,20). The van der Waals surface area contributed by atoms with Crippen molar-refractivity contribution in [2.75, 3.05) is 13.6 Å². The first-order valence-electron chi connectivity index (χ1n) is 7.58. The van der Waals surface area contributed by atoms with Crippen molar-refractivity contribution in [1.82, 2.24) is 20.6 Å². The van der Waals surface area contributed by atoms with Gasteiger partial charge in [0, 0.05) is 31.1 Å². The van der Waals surface area contributed by atoms with E-state index in [0.29, 0.717) is 12.4 Å². The topological polar surface area (TPSA) is 75.3 Å². The zero-order chi connectivity index (χ0) is 16.8. The zero-order valence-corrected chi connectivity index (χ0v) is 15.2. The molecule has 0 aliphatic heterocycles. The van der Waals surface area contributed by atoms with Crippen molar-refractivity contribution in [3.63, 3.8) is 0 Å². The first-order chi connectivity index (χ1) is 11.7. The van der Waals surface area contributed by atoms with E-state index >= 15 is 0 Å². The molecule has 0 aliphatic rings. The Labute approximate surface area is 148 Å². The Bertz CT molecular complexity index is 791. The van der Waals surface area contributed by atoms with Crippen LogP contribution in [0.4, 0.5) is 0 Å². The number of hydrogen-bond acceptors (Lipinski definition) is 6. The quantitative estimate of drug-likeness (QED) is 0.521. The lowest BCUT2D eigenvalue weighted by molar-refractivity contribution is 0.573. The number of nitrogens with one attached hydrogen (secondary N) is 2. The van der Waals surface area contributed by atoms with Crippen molar-refractivity contribution in [3.05, 3.63) is 45.6 Å². The molecule has 0 aromatic carbocycles. The highest BCUT2D eigenvalue weighted by Crippen LogP contribution is 2.23. The summed E-state index contributed by atoms with van der Waals surface area (Å²) in [6.45, 7) is 3.41. The summed E-state index contributed by atoms with van der Waals surface area (Å²) in [6, 6.07) is 3.98. The van der Waals surface area contributed by atoms with Gasteiger partial charge in [-0.25, -0.2) is 9.97 Å². The van der Waals surface area contributed by atoms with Crippen molar-refractivity contribution in [2.24, 2.45) is 4.99 Å². The summed E-state index contributed by atoms with van der Waals surface area (Å²) in [7, 11) is 1.75. The van der Waals surface area contributed by atoms with Crippen molar-refractivity contribution >= 4 is 28.6 Å². The van der Waals surface area contributed by atoms with E-state index in [1.165, 1.54) is 4.88 Å². The van der Waals surface area contributed by atoms with Crippen LogP contribution in [0, 0.1) is 6.92 Å². The number of guanidine groups is 1. The fraction of sp³-hybridized carbons (Fsp3) is 0.312. The lowest BCUT2D eigenvalue weighted by atomic mass is 10.4. The molecule has 3 aromatic heterocycles. The maximum absolute atomic E-state index is 5.51. The molecule has 0 amide bonds. The largest absolute Gasteiger partial charge is 0.443 e. The second kappa shape index (κ2) is 8.07. The van der Waals surface area contributed by atoms with Gasteiger partial charge in [-0.2, -0.15) is 0 Å². The molecule has 0 atom stereocenters. The Hall–Kier alpha value is -2.19. The number of hydrogen-bond donors (Lipinski definition) is 2. The number of nitrogens with zero attached hydrogens (tertiary/aromatic N) is 3. The summed E-state index contributed by atoms with van der Waals surface area (Å²) in [6.07, 6.45) is 4.46. The predicted molar refractivity (Wildman–Crippen MR) is 98.6 cm³/mol. The molecule has 3 heterocycles. The smallest absolute Gasteiger partial charge is 0.236 e. The molecule has 0 saturated carbocycles. The second-order valence-corrected chi connectivity index (χ2v) is 7.36. The summed E-state index contributed by atoms with van der Waals surface area (Å²) >= 11 is 3.34. The molecule has 0 spiro atoms. The Balaban J connectivity index is 1.46. The van der Waals surface area contributed by atoms with Gasteiger partial charge in [0.15, 0.2) is 5.96 Å². The van der Waals surface area contributed by atoms with E-state index in [1.54, 1.807) is 36.0 Å². The van der Waals surface area contributed by atoms with Crippen LogP contribution in [0.2, 0.25) is 0 Å². The minimum atomic E-state index is 0.560. The highest BCUT2D eigenvalue weighted by atomic mass is 32.1. The van der Waals surface area contributed by atoms with Crippen LogP contribution < -0.4 is 10.6 Å². The number of oxazole rings is 1. The van der Waals surface area contributed by atoms with Crippen LogP contribution in [0.3, 0.4) is 0 Å². The fourth-order valence-electron chi connectivity index (χ4n) is 2.10. The summed E-state index contributed by atoms with van der Waals surface area (Å²) in [5, 5.41) is 9.66. The first-order valence-corrected chi connectivity index (χ1v) is 9.28. The molecule has 6 nitrogen and oxygen atoms in total. The van der Waals surface area contributed by atoms with Crippen LogP contribution in [0.15, 0.2) is 39.4 Å². The van der Waals surface area contributed by atoms with Gasteiger partial charge in [-0.1, -0.05) is 6.07 Å². The molecule has 3 rings (SSSR count). The Morgan fingerprint density at radius 2 is 2.29 bits per heavy atom. The van der Waals surface area contributed by atoms with Crippen LogP contribution in [-0.4, -0.2) is 29.5 Å². The van der Waals surface area contributed by atoms with Crippen molar-refractivity contribution in [2.45, 2.75) is 19.9 Å². The molecule has 24 heavy (non-hydrogen) atoms. The number of thiazole rings is 1. The van der Waals surface area contributed by atoms with Gasteiger partial charge in [0.1, 0.15) is 6.26 Å². The highest BCUT2D eigenvalue weighted by molar-refractivity contribution is 7.13. The van der Waals surface area contributed by atoms with Crippen molar-refractivity contribution in [1.29, 1.82) is 0 Å². The van der Waals surface area contributed by atoms with Gasteiger partial charge in [0.05, 0.1) is 22.1 Å². The van der Waals surface area contributed by atoms with Crippen molar-refractivity contribution in [3.8, 4) is 10.8 Å². The second-order valence-electron chi connectivity index (χ2n) is 5.09. The van der Waals surface area contributed by atoms with E-state index < -0.39 is 0 Å². The zero-order valence-electron chi connectivity index (χ0n) is 13.6. The van der Waals surface area contributed by atoms with Crippen LogP contribution >= 0.6 is 22.7 Å². The van der Waals surface area contributed by atoms with E-state index in [2.05, 4.69) is 32.5 Å². The van der Waals surface area contributed by atoms with E-state index in [9.17, 15) is 0 Å². The Kier molecular flexibility index (Phi) is 5.60. The molecule has 0 aliphatic carbocycles. The summed E-state index contributed by atoms with van der Waals surface area (Å²) < 4.78 is 5.51. The monoisotopic (exact) mass is 361 g/mol. The molecule has 8 heteroatoms. The molecule has 3 aromatic rings. The molecule has 0 unspecified atom stereocenters. The third kappa shape index (κ3) is 4.42. The number of aryl methyl sites for hydroxylation is 1. The van der Waals surface area contributed by atoms with Gasteiger partial charge in [0.2, 0.25) is 5.89 Å². The van der Waals surface area contributed by atoms with Crippen LogP contribution in [0.5, 0.6) is 0 Å². The minimum Gasteiger partial charge on any atom is -0.443 e. The molecule has 126 valence electrons. The number of aromatic nitrogens is 2. The Morgan fingerprint density at radius 3 is 3.00 bits per heavy atom. The third-order valence-corrected chi connectivity index (χ3v) is 5.08. The Morgan fingerprint density at radius 1 is 1.38 bits per heavy atom.